The first-order valence-electron chi connectivity index (χ1n) is 6.75. The highest BCUT2D eigenvalue weighted by Crippen LogP contribution is 2.18. The van der Waals surface area contributed by atoms with Gasteiger partial charge in [-0.05, 0) is 57.0 Å². The fraction of sp³-hybridized carbons (Fsp3) is 0.533. The molecule has 1 heterocycles. The molecule has 1 fully saturated rings. The van der Waals surface area contributed by atoms with Crippen molar-refractivity contribution in [1.82, 2.24) is 4.90 Å². The van der Waals surface area contributed by atoms with E-state index in [-0.39, 0.29) is 5.91 Å². The number of hydrogen-bond acceptors (Lipinski definition) is 2. The van der Waals surface area contributed by atoms with E-state index in [0.29, 0.717) is 6.42 Å². The molecule has 3 nitrogen and oxygen atoms in total. The van der Waals surface area contributed by atoms with Crippen LogP contribution in [0.15, 0.2) is 18.2 Å². The summed E-state index contributed by atoms with van der Waals surface area (Å²) in [5.41, 5.74) is 3.32. The number of benzene rings is 1. The largest absolute Gasteiger partial charge is 0.326 e. The van der Waals surface area contributed by atoms with Crippen molar-refractivity contribution in [2.75, 3.05) is 25.0 Å². The molecule has 0 bridgehead atoms. The van der Waals surface area contributed by atoms with Gasteiger partial charge < -0.3 is 10.2 Å². The lowest BCUT2D eigenvalue weighted by Gasteiger charge is -2.15. The molecule has 3 heteroatoms. The molecule has 98 valence electrons. The standard InChI is InChI=1S/C15H22N2O/c1-12-6-5-7-14(13(12)2)16-15(18)8-11-17-9-3-4-10-17/h5-7H,3-4,8-11H2,1-2H3,(H,16,18). The van der Waals surface area contributed by atoms with E-state index in [1.807, 2.05) is 19.1 Å². The average Bonchev–Trinajstić information content (AvgIpc) is 2.86. The molecule has 0 radical (unpaired) electrons. The van der Waals surface area contributed by atoms with Crippen LogP contribution in [0, 0.1) is 13.8 Å². The van der Waals surface area contributed by atoms with Crippen LogP contribution in [0.2, 0.25) is 0 Å². The van der Waals surface area contributed by atoms with Crippen LogP contribution in [0.1, 0.15) is 30.4 Å². The van der Waals surface area contributed by atoms with Crippen LogP contribution in [0.3, 0.4) is 0 Å². The van der Waals surface area contributed by atoms with Crippen molar-refractivity contribution in [3.8, 4) is 0 Å². The summed E-state index contributed by atoms with van der Waals surface area (Å²) in [5.74, 6) is 0.121. The number of amides is 1. The quantitative estimate of drug-likeness (QED) is 0.886. The summed E-state index contributed by atoms with van der Waals surface area (Å²) in [6.45, 7) is 7.30. The van der Waals surface area contributed by atoms with Gasteiger partial charge in [-0.2, -0.15) is 0 Å². The van der Waals surface area contributed by atoms with Crippen LogP contribution in [0.4, 0.5) is 5.69 Å². The predicted molar refractivity (Wildman–Crippen MR) is 74.8 cm³/mol. The first kappa shape index (κ1) is 13.1. The SMILES string of the molecule is Cc1cccc(NC(=O)CCN2CCCC2)c1C. The van der Waals surface area contributed by atoms with Crippen LogP contribution in [0.25, 0.3) is 0 Å². The van der Waals surface area contributed by atoms with E-state index in [2.05, 4.69) is 23.2 Å². The molecule has 1 saturated heterocycles. The van der Waals surface area contributed by atoms with E-state index >= 15 is 0 Å². The Hall–Kier alpha value is -1.35. The Labute approximate surface area is 109 Å². The molecule has 1 aliphatic heterocycles. The van der Waals surface area contributed by atoms with Crippen LogP contribution >= 0.6 is 0 Å². The molecule has 0 aromatic heterocycles. The summed E-state index contributed by atoms with van der Waals surface area (Å²) >= 11 is 0. The van der Waals surface area contributed by atoms with Crippen molar-refractivity contribution >= 4 is 11.6 Å². The molecule has 0 unspecified atom stereocenters. The molecule has 0 atom stereocenters. The van der Waals surface area contributed by atoms with Gasteiger partial charge in [-0.15, -0.1) is 0 Å². The van der Waals surface area contributed by atoms with Crippen LogP contribution in [-0.4, -0.2) is 30.4 Å². The molecular weight excluding hydrogens is 224 g/mol. The molecule has 0 aliphatic carbocycles. The van der Waals surface area contributed by atoms with Gasteiger partial charge in [0.25, 0.3) is 0 Å². The van der Waals surface area contributed by atoms with Gasteiger partial charge in [0.2, 0.25) is 5.91 Å². The molecule has 1 aromatic rings. The second kappa shape index (κ2) is 6.01. The Morgan fingerprint density at radius 3 is 2.72 bits per heavy atom. The zero-order valence-electron chi connectivity index (χ0n) is 11.3. The summed E-state index contributed by atoms with van der Waals surface area (Å²) in [5, 5.41) is 3.01. The second-order valence-corrected chi connectivity index (χ2v) is 5.09. The van der Waals surface area contributed by atoms with E-state index in [9.17, 15) is 4.79 Å². The first-order chi connectivity index (χ1) is 8.66. The maximum atomic E-state index is 11.9. The Kier molecular flexibility index (Phi) is 4.37. The maximum Gasteiger partial charge on any atom is 0.225 e. The van der Waals surface area contributed by atoms with Crippen molar-refractivity contribution < 1.29 is 4.79 Å². The van der Waals surface area contributed by atoms with E-state index in [1.54, 1.807) is 0 Å². The zero-order chi connectivity index (χ0) is 13.0. The van der Waals surface area contributed by atoms with Gasteiger partial charge in [0.05, 0.1) is 0 Å². The minimum Gasteiger partial charge on any atom is -0.326 e. The number of likely N-dealkylation sites (tertiary alicyclic amines) is 1. The summed E-state index contributed by atoms with van der Waals surface area (Å²) in [4.78, 5) is 14.3. The highest BCUT2D eigenvalue weighted by atomic mass is 16.1. The Balaban J connectivity index is 1.84. The minimum atomic E-state index is 0.121. The third-order valence-electron chi connectivity index (χ3n) is 3.73. The minimum absolute atomic E-state index is 0.121. The number of rotatable bonds is 4. The smallest absolute Gasteiger partial charge is 0.225 e. The fourth-order valence-electron chi connectivity index (χ4n) is 2.37. The van der Waals surface area contributed by atoms with Gasteiger partial charge in [0, 0.05) is 18.7 Å². The highest BCUT2D eigenvalue weighted by Gasteiger charge is 2.13. The Bertz CT molecular complexity index is 423. The number of carbonyl (C=O) groups is 1. The Morgan fingerprint density at radius 1 is 1.28 bits per heavy atom. The monoisotopic (exact) mass is 246 g/mol. The molecule has 1 aliphatic rings. The van der Waals surface area contributed by atoms with Crippen molar-refractivity contribution in [1.29, 1.82) is 0 Å². The lowest BCUT2D eigenvalue weighted by molar-refractivity contribution is -0.116. The molecule has 2 rings (SSSR count). The lowest BCUT2D eigenvalue weighted by Crippen LogP contribution is -2.25. The number of hydrogen-bond donors (Lipinski definition) is 1. The normalized spacial score (nSPS) is 15.9. The first-order valence-corrected chi connectivity index (χ1v) is 6.75. The van der Waals surface area contributed by atoms with Gasteiger partial charge >= 0.3 is 0 Å². The predicted octanol–water partition coefficient (Wildman–Crippen LogP) is 2.73. The van der Waals surface area contributed by atoms with Gasteiger partial charge in [-0.1, -0.05) is 12.1 Å². The molecule has 18 heavy (non-hydrogen) atoms. The van der Waals surface area contributed by atoms with E-state index < -0.39 is 0 Å². The summed E-state index contributed by atoms with van der Waals surface area (Å²) in [6, 6.07) is 6.02. The second-order valence-electron chi connectivity index (χ2n) is 5.09. The van der Waals surface area contributed by atoms with E-state index in [4.69, 9.17) is 0 Å². The third-order valence-corrected chi connectivity index (χ3v) is 3.73. The van der Waals surface area contributed by atoms with Crippen molar-refractivity contribution in [2.24, 2.45) is 0 Å². The molecule has 1 aromatic carbocycles. The average molecular weight is 246 g/mol. The number of anilines is 1. The van der Waals surface area contributed by atoms with Crippen molar-refractivity contribution in [3.63, 3.8) is 0 Å². The van der Waals surface area contributed by atoms with Gasteiger partial charge in [-0.25, -0.2) is 0 Å². The number of carbonyl (C=O) groups excluding carboxylic acids is 1. The summed E-state index contributed by atoms with van der Waals surface area (Å²) in [6.07, 6.45) is 3.14. The van der Waals surface area contributed by atoms with E-state index in [0.717, 1.165) is 30.9 Å². The summed E-state index contributed by atoms with van der Waals surface area (Å²) in [7, 11) is 0. The molecule has 0 spiro atoms. The zero-order valence-corrected chi connectivity index (χ0v) is 11.3. The third kappa shape index (κ3) is 3.33. The molecule has 1 amide bonds. The number of aryl methyl sites for hydroxylation is 1. The van der Waals surface area contributed by atoms with Crippen LogP contribution < -0.4 is 5.32 Å². The van der Waals surface area contributed by atoms with Crippen LogP contribution in [0.5, 0.6) is 0 Å². The topological polar surface area (TPSA) is 32.3 Å². The van der Waals surface area contributed by atoms with Gasteiger partial charge in [0.1, 0.15) is 0 Å². The van der Waals surface area contributed by atoms with E-state index in [1.165, 1.54) is 18.4 Å². The van der Waals surface area contributed by atoms with Gasteiger partial charge in [-0.3, -0.25) is 4.79 Å². The Morgan fingerprint density at radius 2 is 2.00 bits per heavy atom. The number of nitrogens with one attached hydrogen (secondary N) is 1. The van der Waals surface area contributed by atoms with Crippen LogP contribution in [-0.2, 0) is 4.79 Å². The number of nitrogens with zero attached hydrogens (tertiary/aromatic N) is 1. The molecule has 1 N–H and O–H groups in total. The van der Waals surface area contributed by atoms with Crippen molar-refractivity contribution in [2.45, 2.75) is 33.1 Å². The maximum absolute atomic E-state index is 11.9. The lowest BCUT2D eigenvalue weighted by atomic mass is 10.1. The van der Waals surface area contributed by atoms with Gasteiger partial charge in [0.15, 0.2) is 0 Å². The summed E-state index contributed by atoms with van der Waals surface area (Å²) < 4.78 is 0. The highest BCUT2D eigenvalue weighted by molar-refractivity contribution is 5.91. The molecule has 0 saturated carbocycles. The fourth-order valence-corrected chi connectivity index (χ4v) is 2.37. The molecular formula is C15H22N2O. The van der Waals surface area contributed by atoms with Crippen molar-refractivity contribution in [3.05, 3.63) is 29.3 Å².